The number of para-hydroxylation sites is 2. The van der Waals surface area contributed by atoms with Crippen molar-refractivity contribution in [1.82, 2.24) is 23.7 Å². The molecule has 0 unspecified atom stereocenters. The van der Waals surface area contributed by atoms with Gasteiger partial charge >= 0.3 is 0 Å². The SMILES string of the molecule is [Ir].[c-]1c(-n2[c-]ncc2)cccc1-n1[c-]ncc1.[c-]1ccccc1-n1[c-][n+](-c2[c-]cccc2)cc1. The third-order valence-corrected chi connectivity index (χ3v) is 4.68. The molecule has 7 heteroatoms. The Bertz CT molecular complexity index is 1290. The molecule has 0 fully saturated rings. The second-order valence-electron chi connectivity index (χ2n) is 6.85. The molecule has 169 valence electrons. The third kappa shape index (κ3) is 5.46. The minimum absolute atomic E-state index is 0. The molecule has 3 aromatic heterocycles. The number of rotatable bonds is 4. The maximum absolute atomic E-state index is 3.88. The number of aromatic nitrogens is 6. The standard InChI is InChI=1S/C15H10N2.C12H7N4.Ir/c1-3-7-14(8-4-1)16-11-12-17(13-16)15-9-5-2-6-10-15;1-2-11(15-6-4-13-9-15)8-12(3-1)16-7-5-14-10-16;/h1-7,9,11-12H;1-7H;/q-2;-3;. The zero-order valence-corrected chi connectivity index (χ0v) is 20.2. The van der Waals surface area contributed by atoms with Gasteiger partial charge in [0.15, 0.2) is 0 Å². The van der Waals surface area contributed by atoms with Gasteiger partial charge in [0.05, 0.1) is 0 Å². The summed E-state index contributed by atoms with van der Waals surface area (Å²) in [7, 11) is 0. The van der Waals surface area contributed by atoms with Crippen molar-refractivity contribution in [2.24, 2.45) is 0 Å². The largest absolute Gasteiger partial charge is 0.455 e. The van der Waals surface area contributed by atoms with Crippen molar-refractivity contribution in [2.75, 3.05) is 0 Å². The number of benzene rings is 3. The first-order chi connectivity index (χ1) is 16.4. The maximum Gasteiger partial charge on any atom is 0.265 e. The number of hydrogen-bond acceptors (Lipinski definition) is 2. The number of hydrogen-bond donors (Lipinski definition) is 0. The Hall–Kier alpha value is -4.06. The molecule has 6 rings (SSSR count). The smallest absolute Gasteiger partial charge is 0.265 e. The first-order valence-corrected chi connectivity index (χ1v) is 10.2. The Labute approximate surface area is 211 Å². The van der Waals surface area contributed by atoms with Gasteiger partial charge in [0.2, 0.25) is 0 Å². The first kappa shape index (κ1) is 23.1. The predicted molar refractivity (Wildman–Crippen MR) is 121 cm³/mol. The average Bonchev–Trinajstić information content (AvgIpc) is 3.68. The molecule has 1 radical (unpaired) electrons. The molecule has 0 spiro atoms. The molecule has 3 heterocycles. The van der Waals surface area contributed by atoms with E-state index in [-0.39, 0.29) is 20.1 Å². The fourth-order valence-corrected chi connectivity index (χ4v) is 3.10. The second-order valence-corrected chi connectivity index (χ2v) is 6.85. The van der Waals surface area contributed by atoms with Crippen LogP contribution in [0.1, 0.15) is 0 Å². The van der Waals surface area contributed by atoms with Gasteiger partial charge in [0.1, 0.15) is 0 Å². The van der Waals surface area contributed by atoms with Crippen molar-refractivity contribution >= 4 is 0 Å². The summed E-state index contributed by atoms with van der Waals surface area (Å²) in [5, 5.41) is 0. The Morgan fingerprint density at radius 1 is 0.647 bits per heavy atom. The molecule has 0 atom stereocenters. The van der Waals surface area contributed by atoms with Crippen LogP contribution in [0.3, 0.4) is 0 Å². The van der Waals surface area contributed by atoms with Crippen LogP contribution in [0.5, 0.6) is 0 Å². The van der Waals surface area contributed by atoms with Gasteiger partial charge in [-0.25, -0.2) is 6.07 Å². The van der Waals surface area contributed by atoms with Crippen LogP contribution in [0.4, 0.5) is 0 Å². The van der Waals surface area contributed by atoms with E-state index in [1.54, 1.807) is 21.5 Å². The zero-order chi connectivity index (χ0) is 22.3. The zero-order valence-electron chi connectivity index (χ0n) is 17.8. The van der Waals surface area contributed by atoms with Crippen LogP contribution in [0.2, 0.25) is 0 Å². The molecule has 34 heavy (non-hydrogen) atoms. The average molecular weight is 618 g/mol. The molecule has 6 nitrogen and oxygen atoms in total. The maximum atomic E-state index is 3.88. The Morgan fingerprint density at radius 2 is 1.29 bits per heavy atom. The van der Waals surface area contributed by atoms with Crippen LogP contribution in [0, 0.1) is 37.2 Å². The molecule has 6 aromatic rings. The van der Waals surface area contributed by atoms with Crippen LogP contribution in [0.25, 0.3) is 22.7 Å². The summed E-state index contributed by atoms with van der Waals surface area (Å²) in [5.41, 5.74) is 3.72. The molecule has 0 aliphatic rings. The minimum atomic E-state index is 0. The van der Waals surface area contributed by atoms with Gasteiger partial charge in [0.25, 0.3) is 6.33 Å². The van der Waals surface area contributed by atoms with Gasteiger partial charge in [-0.15, -0.1) is 0 Å². The van der Waals surface area contributed by atoms with E-state index < -0.39 is 0 Å². The van der Waals surface area contributed by atoms with E-state index >= 15 is 0 Å². The molecule has 0 aliphatic heterocycles. The summed E-state index contributed by atoms with van der Waals surface area (Å²) in [6.45, 7) is 0. The molecule has 0 bridgehead atoms. The van der Waals surface area contributed by atoms with Crippen molar-refractivity contribution in [3.8, 4) is 22.7 Å². The molecule has 0 aliphatic carbocycles. The second kappa shape index (κ2) is 11.2. The van der Waals surface area contributed by atoms with E-state index in [2.05, 4.69) is 47.1 Å². The van der Waals surface area contributed by atoms with Crippen LogP contribution in [0.15, 0.2) is 104 Å². The van der Waals surface area contributed by atoms with Crippen molar-refractivity contribution in [2.45, 2.75) is 0 Å². The predicted octanol–water partition coefficient (Wildman–Crippen LogP) is 3.61. The van der Waals surface area contributed by atoms with Gasteiger partial charge in [0, 0.05) is 45.2 Å². The van der Waals surface area contributed by atoms with Crippen LogP contribution >= 0.6 is 0 Å². The molecular formula is C27H17IrN6-5. The Morgan fingerprint density at radius 3 is 1.85 bits per heavy atom. The normalized spacial score (nSPS) is 10.1. The van der Waals surface area contributed by atoms with E-state index in [1.165, 1.54) is 0 Å². The van der Waals surface area contributed by atoms with E-state index in [0.29, 0.717) is 0 Å². The number of nitrogens with zero attached hydrogens (tertiary/aromatic N) is 6. The summed E-state index contributed by atoms with van der Waals surface area (Å²) in [4.78, 5) is 7.76. The quantitative estimate of drug-likeness (QED) is 0.224. The third-order valence-electron chi connectivity index (χ3n) is 4.68. The van der Waals surface area contributed by atoms with Crippen LogP contribution < -0.4 is 4.57 Å². The van der Waals surface area contributed by atoms with E-state index in [1.807, 2.05) is 101 Å². The van der Waals surface area contributed by atoms with Gasteiger partial charge in [-0.3, -0.25) is 0 Å². The van der Waals surface area contributed by atoms with Gasteiger partial charge in [-0.2, -0.15) is 90.2 Å². The van der Waals surface area contributed by atoms with Gasteiger partial charge in [-0.1, -0.05) is 24.8 Å². The van der Waals surface area contributed by atoms with E-state index in [9.17, 15) is 0 Å². The van der Waals surface area contributed by atoms with Crippen molar-refractivity contribution in [1.29, 1.82) is 0 Å². The summed E-state index contributed by atoms with van der Waals surface area (Å²) in [6, 6.07) is 31.0. The fraction of sp³-hybridized carbons (Fsp3) is 0. The van der Waals surface area contributed by atoms with Crippen molar-refractivity contribution < 1.29 is 24.7 Å². The minimum Gasteiger partial charge on any atom is -0.455 e. The Balaban J connectivity index is 0.000000157. The monoisotopic (exact) mass is 618 g/mol. The van der Waals surface area contributed by atoms with E-state index in [4.69, 9.17) is 0 Å². The van der Waals surface area contributed by atoms with E-state index in [0.717, 1.165) is 22.7 Å². The van der Waals surface area contributed by atoms with Gasteiger partial charge in [-0.05, 0) is 11.4 Å². The Kier molecular flexibility index (Phi) is 7.60. The fourth-order valence-electron chi connectivity index (χ4n) is 3.10. The number of imidazole rings is 3. The summed E-state index contributed by atoms with van der Waals surface area (Å²) in [6.07, 6.45) is 19.8. The topological polar surface area (TPSA) is 44.5 Å². The van der Waals surface area contributed by atoms with Crippen molar-refractivity contribution in [3.05, 3.63) is 141 Å². The summed E-state index contributed by atoms with van der Waals surface area (Å²) < 4.78 is 7.36. The molecule has 0 amide bonds. The first-order valence-electron chi connectivity index (χ1n) is 10.2. The summed E-state index contributed by atoms with van der Waals surface area (Å²) >= 11 is 0. The van der Waals surface area contributed by atoms with Crippen LogP contribution in [-0.2, 0) is 20.1 Å². The molecule has 3 aromatic carbocycles. The molecule has 0 saturated carbocycles. The van der Waals surface area contributed by atoms with Gasteiger partial charge < -0.3 is 28.2 Å². The van der Waals surface area contributed by atoms with Crippen LogP contribution in [-0.4, -0.2) is 23.7 Å². The molecule has 0 saturated heterocycles. The molecular weight excluding hydrogens is 601 g/mol. The van der Waals surface area contributed by atoms with Crippen molar-refractivity contribution in [3.63, 3.8) is 0 Å². The summed E-state index contributed by atoms with van der Waals surface area (Å²) in [5.74, 6) is 0. The molecule has 0 N–H and O–H groups in total.